The van der Waals surface area contributed by atoms with Crippen molar-refractivity contribution in [2.75, 3.05) is 12.3 Å². The number of nitrogen functional groups attached to an aromatic ring is 1. The quantitative estimate of drug-likeness (QED) is 0.674. The van der Waals surface area contributed by atoms with Crippen molar-refractivity contribution in [2.45, 2.75) is 13.3 Å². The summed E-state index contributed by atoms with van der Waals surface area (Å²) in [5.41, 5.74) is 6.05. The number of hydrogen-bond donors (Lipinski definition) is 2. The van der Waals surface area contributed by atoms with E-state index in [0.29, 0.717) is 18.0 Å². The lowest BCUT2D eigenvalue weighted by atomic mass is 10.3. The van der Waals surface area contributed by atoms with Crippen molar-refractivity contribution in [3.8, 4) is 11.5 Å². The fraction of sp³-hybridized carbons (Fsp3) is 0.333. The van der Waals surface area contributed by atoms with E-state index in [1.807, 2.05) is 6.92 Å². The molecule has 66 valence electrons. The van der Waals surface area contributed by atoms with Gasteiger partial charge in [0.15, 0.2) is 11.5 Å². The van der Waals surface area contributed by atoms with Gasteiger partial charge in [-0.2, -0.15) is 0 Å². The average Bonchev–Trinajstić information content (AvgIpc) is 2.04. The molecule has 3 heteroatoms. The predicted molar refractivity (Wildman–Crippen MR) is 48.3 cm³/mol. The maximum Gasteiger partial charge on any atom is 0.183 e. The van der Waals surface area contributed by atoms with E-state index >= 15 is 0 Å². The minimum absolute atomic E-state index is 0.100. The van der Waals surface area contributed by atoms with Crippen molar-refractivity contribution >= 4 is 5.69 Å². The number of benzene rings is 1. The smallest absolute Gasteiger partial charge is 0.183 e. The van der Waals surface area contributed by atoms with E-state index in [1.54, 1.807) is 18.2 Å². The molecule has 0 aliphatic heterocycles. The first kappa shape index (κ1) is 8.71. The number of anilines is 1. The second-order valence-corrected chi connectivity index (χ2v) is 2.54. The fourth-order valence-corrected chi connectivity index (χ4v) is 0.904. The third-order valence-corrected chi connectivity index (χ3v) is 1.48. The molecule has 12 heavy (non-hydrogen) atoms. The molecule has 0 radical (unpaired) electrons. The van der Waals surface area contributed by atoms with Crippen LogP contribution in [0.15, 0.2) is 18.2 Å². The maximum atomic E-state index is 9.31. The highest BCUT2D eigenvalue weighted by molar-refractivity contribution is 5.59. The maximum absolute atomic E-state index is 9.31. The number of phenols is 1. The Morgan fingerprint density at radius 3 is 2.83 bits per heavy atom. The zero-order valence-corrected chi connectivity index (χ0v) is 7.08. The zero-order valence-electron chi connectivity index (χ0n) is 7.08. The van der Waals surface area contributed by atoms with E-state index in [2.05, 4.69) is 0 Å². The summed E-state index contributed by atoms with van der Waals surface area (Å²) in [4.78, 5) is 0. The second-order valence-electron chi connectivity index (χ2n) is 2.54. The Morgan fingerprint density at radius 1 is 1.50 bits per heavy atom. The first-order valence-electron chi connectivity index (χ1n) is 3.96. The molecule has 0 fully saturated rings. The largest absolute Gasteiger partial charge is 0.504 e. The molecule has 0 amide bonds. The highest BCUT2D eigenvalue weighted by Gasteiger charge is 2.04. The van der Waals surface area contributed by atoms with Crippen LogP contribution in [0.3, 0.4) is 0 Å². The number of para-hydroxylation sites is 1. The lowest BCUT2D eigenvalue weighted by molar-refractivity contribution is 0.301. The Balaban J connectivity index is 2.81. The van der Waals surface area contributed by atoms with Gasteiger partial charge in [-0.1, -0.05) is 13.0 Å². The zero-order chi connectivity index (χ0) is 8.97. The van der Waals surface area contributed by atoms with E-state index in [4.69, 9.17) is 10.5 Å². The number of ether oxygens (including phenoxy) is 1. The van der Waals surface area contributed by atoms with E-state index in [-0.39, 0.29) is 5.75 Å². The monoisotopic (exact) mass is 167 g/mol. The average molecular weight is 167 g/mol. The molecular weight excluding hydrogens is 154 g/mol. The van der Waals surface area contributed by atoms with Gasteiger partial charge in [0.1, 0.15) is 0 Å². The predicted octanol–water partition coefficient (Wildman–Crippen LogP) is 1.76. The molecule has 1 aromatic rings. The summed E-state index contributed by atoms with van der Waals surface area (Å²) in [7, 11) is 0. The Bertz CT molecular complexity index is 240. The van der Waals surface area contributed by atoms with Crippen molar-refractivity contribution in [1.29, 1.82) is 0 Å². The van der Waals surface area contributed by atoms with Crippen LogP contribution in [0.2, 0.25) is 0 Å². The fourth-order valence-electron chi connectivity index (χ4n) is 0.904. The summed E-state index contributed by atoms with van der Waals surface area (Å²) in [6, 6.07) is 4.94. The summed E-state index contributed by atoms with van der Waals surface area (Å²) in [5, 5.41) is 9.31. The van der Waals surface area contributed by atoms with Crippen LogP contribution in [-0.4, -0.2) is 11.7 Å². The van der Waals surface area contributed by atoms with Crippen molar-refractivity contribution in [1.82, 2.24) is 0 Å². The van der Waals surface area contributed by atoms with Gasteiger partial charge in [-0.25, -0.2) is 0 Å². The summed E-state index contributed by atoms with van der Waals surface area (Å²) >= 11 is 0. The van der Waals surface area contributed by atoms with Crippen molar-refractivity contribution in [3.63, 3.8) is 0 Å². The van der Waals surface area contributed by atoms with Gasteiger partial charge in [0, 0.05) is 0 Å². The summed E-state index contributed by atoms with van der Waals surface area (Å²) in [6.45, 7) is 2.57. The number of rotatable bonds is 3. The molecule has 0 atom stereocenters. The molecule has 0 unspecified atom stereocenters. The van der Waals surface area contributed by atoms with Gasteiger partial charge in [0.2, 0.25) is 0 Å². The van der Waals surface area contributed by atoms with Gasteiger partial charge in [0.25, 0.3) is 0 Å². The molecule has 0 spiro atoms. The van der Waals surface area contributed by atoms with Crippen LogP contribution in [-0.2, 0) is 0 Å². The standard InChI is InChI=1S/C9H13NO2/c1-2-6-12-9-7(10)4-3-5-8(9)11/h3-5,11H,2,6,10H2,1H3. The van der Waals surface area contributed by atoms with E-state index in [1.165, 1.54) is 0 Å². The number of nitrogens with two attached hydrogens (primary N) is 1. The minimum Gasteiger partial charge on any atom is -0.504 e. The highest BCUT2D eigenvalue weighted by Crippen LogP contribution is 2.31. The van der Waals surface area contributed by atoms with E-state index in [9.17, 15) is 5.11 Å². The third kappa shape index (κ3) is 1.81. The SMILES string of the molecule is CCCOc1c(N)cccc1O. The third-order valence-electron chi connectivity index (χ3n) is 1.48. The van der Waals surface area contributed by atoms with Crippen molar-refractivity contribution in [3.05, 3.63) is 18.2 Å². The molecule has 0 heterocycles. The van der Waals surface area contributed by atoms with Gasteiger partial charge in [0.05, 0.1) is 12.3 Å². The topological polar surface area (TPSA) is 55.5 Å². The summed E-state index contributed by atoms with van der Waals surface area (Å²) in [6.07, 6.45) is 0.897. The molecule has 1 rings (SSSR count). The Kier molecular flexibility index (Phi) is 2.80. The molecule has 0 aliphatic carbocycles. The van der Waals surface area contributed by atoms with Crippen LogP contribution in [0, 0.1) is 0 Å². The van der Waals surface area contributed by atoms with Gasteiger partial charge in [-0.15, -0.1) is 0 Å². The Hall–Kier alpha value is -1.38. The molecular formula is C9H13NO2. The molecule has 1 aromatic carbocycles. The van der Waals surface area contributed by atoms with Crippen molar-refractivity contribution in [2.24, 2.45) is 0 Å². The van der Waals surface area contributed by atoms with Crippen LogP contribution in [0.4, 0.5) is 5.69 Å². The second kappa shape index (κ2) is 3.85. The van der Waals surface area contributed by atoms with Crippen LogP contribution >= 0.6 is 0 Å². The van der Waals surface area contributed by atoms with Gasteiger partial charge >= 0.3 is 0 Å². The molecule has 3 nitrogen and oxygen atoms in total. The minimum atomic E-state index is 0.100. The molecule has 0 bridgehead atoms. The Labute approximate surface area is 71.8 Å². The highest BCUT2D eigenvalue weighted by atomic mass is 16.5. The first-order valence-corrected chi connectivity index (χ1v) is 3.96. The van der Waals surface area contributed by atoms with Crippen LogP contribution < -0.4 is 10.5 Å². The van der Waals surface area contributed by atoms with Gasteiger partial charge < -0.3 is 15.6 Å². The van der Waals surface area contributed by atoms with Crippen molar-refractivity contribution < 1.29 is 9.84 Å². The summed E-state index contributed by atoms with van der Waals surface area (Å²) in [5.74, 6) is 0.489. The number of aromatic hydroxyl groups is 1. The number of phenolic OH excluding ortho intramolecular Hbond substituents is 1. The van der Waals surface area contributed by atoms with Crippen LogP contribution in [0.5, 0.6) is 11.5 Å². The van der Waals surface area contributed by atoms with Crippen LogP contribution in [0.25, 0.3) is 0 Å². The molecule has 0 saturated heterocycles. The number of hydrogen-bond acceptors (Lipinski definition) is 3. The lowest BCUT2D eigenvalue weighted by Crippen LogP contribution is -1.98. The normalized spacial score (nSPS) is 9.75. The van der Waals surface area contributed by atoms with E-state index < -0.39 is 0 Å². The lowest BCUT2D eigenvalue weighted by Gasteiger charge is -2.08. The van der Waals surface area contributed by atoms with Gasteiger partial charge in [-0.05, 0) is 18.6 Å². The van der Waals surface area contributed by atoms with E-state index in [0.717, 1.165) is 6.42 Å². The Morgan fingerprint density at radius 2 is 2.25 bits per heavy atom. The molecule has 3 N–H and O–H groups in total. The molecule has 0 saturated carbocycles. The first-order chi connectivity index (χ1) is 5.75. The molecule has 0 aliphatic rings. The van der Waals surface area contributed by atoms with Crippen LogP contribution in [0.1, 0.15) is 13.3 Å². The molecule has 0 aromatic heterocycles. The summed E-state index contributed by atoms with van der Waals surface area (Å²) < 4.78 is 5.24. The van der Waals surface area contributed by atoms with Gasteiger partial charge in [-0.3, -0.25) is 0 Å².